The molecular formula is C18H14Cl2N2O3. The number of phenols is 1. The Morgan fingerprint density at radius 1 is 1.04 bits per heavy atom. The molecule has 5 nitrogen and oxygen atoms in total. The van der Waals surface area contributed by atoms with Gasteiger partial charge in [-0.15, -0.1) is 0 Å². The standard InChI is InChI=1S/C18H14Cl2N2O3/c19-13-8-12(9-14(20)17(13)24)21-15-10-16(23)22(18(15)25)7-6-11-4-2-1-3-5-11/h1-5,8-10,21,24H,6-7H2. The zero-order valence-corrected chi connectivity index (χ0v) is 14.5. The maximum Gasteiger partial charge on any atom is 0.277 e. The first kappa shape index (κ1) is 17.3. The number of anilines is 1. The van der Waals surface area contributed by atoms with Crippen LogP contribution in [0.1, 0.15) is 5.56 Å². The van der Waals surface area contributed by atoms with Crippen LogP contribution in [0.5, 0.6) is 5.75 Å². The summed E-state index contributed by atoms with van der Waals surface area (Å²) in [5.41, 5.74) is 1.59. The van der Waals surface area contributed by atoms with E-state index in [1.807, 2.05) is 30.3 Å². The van der Waals surface area contributed by atoms with Gasteiger partial charge in [0.1, 0.15) is 5.70 Å². The van der Waals surface area contributed by atoms with Crippen LogP contribution in [0.15, 0.2) is 54.2 Å². The molecule has 3 rings (SSSR count). The van der Waals surface area contributed by atoms with Crippen molar-refractivity contribution in [3.8, 4) is 5.75 Å². The number of carbonyl (C=O) groups is 2. The molecule has 2 aromatic carbocycles. The number of nitrogens with one attached hydrogen (secondary N) is 1. The number of phenolic OH excluding ortho intramolecular Hbond substituents is 1. The zero-order chi connectivity index (χ0) is 18.0. The van der Waals surface area contributed by atoms with Crippen molar-refractivity contribution in [2.75, 3.05) is 11.9 Å². The second-order valence-corrected chi connectivity index (χ2v) is 6.32. The highest BCUT2D eigenvalue weighted by molar-refractivity contribution is 6.37. The van der Waals surface area contributed by atoms with E-state index in [9.17, 15) is 14.7 Å². The molecule has 1 heterocycles. The van der Waals surface area contributed by atoms with E-state index in [1.54, 1.807) is 0 Å². The van der Waals surface area contributed by atoms with Crippen molar-refractivity contribution in [1.82, 2.24) is 4.90 Å². The third-order valence-electron chi connectivity index (χ3n) is 3.77. The smallest absolute Gasteiger partial charge is 0.277 e. The summed E-state index contributed by atoms with van der Waals surface area (Å²) in [6.45, 7) is 0.292. The summed E-state index contributed by atoms with van der Waals surface area (Å²) in [6.07, 6.45) is 1.82. The van der Waals surface area contributed by atoms with Gasteiger partial charge >= 0.3 is 0 Å². The second kappa shape index (κ2) is 7.17. The molecule has 0 saturated heterocycles. The molecule has 0 aromatic heterocycles. The van der Waals surface area contributed by atoms with Crippen LogP contribution in [0.2, 0.25) is 10.0 Å². The molecule has 0 aliphatic carbocycles. The predicted octanol–water partition coefficient (Wildman–Crippen LogP) is 3.61. The minimum Gasteiger partial charge on any atom is -0.505 e. The number of halogens is 2. The molecule has 7 heteroatoms. The number of aromatic hydroxyl groups is 1. The fourth-order valence-electron chi connectivity index (χ4n) is 2.49. The van der Waals surface area contributed by atoms with Gasteiger partial charge in [-0.2, -0.15) is 0 Å². The molecule has 0 unspecified atom stereocenters. The molecule has 0 spiro atoms. The van der Waals surface area contributed by atoms with Crippen molar-refractivity contribution < 1.29 is 14.7 Å². The Morgan fingerprint density at radius 2 is 1.68 bits per heavy atom. The lowest BCUT2D eigenvalue weighted by atomic mass is 10.1. The van der Waals surface area contributed by atoms with E-state index >= 15 is 0 Å². The number of carbonyl (C=O) groups excluding carboxylic acids is 2. The Kier molecular flexibility index (Phi) is 4.97. The normalized spacial score (nSPS) is 14.0. The zero-order valence-electron chi connectivity index (χ0n) is 13.0. The predicted molar refractivity (Wildman–Crippen MR) is 96.7 cm³/mol. The lowest BCUT2D eigenvalue weighted by molar-refractivity contribution is -0.137. The minimum atomic E-state index is -0.416. The van der Waals surface area contributed by atoms with Crippen molar-refractivity contribution in [2.45, 2.75) is 6.42 Å². The topological polar surface area (TPSA) is 69.6 Å². The lowest BCUT2D eigenvalue weighted by Crippen LogP contribution is -2.33. The summed E-state index contributed by atoms with van der Waals surface area (Å²) in [5.74, 6) is -1.03. The number of imide groups is 1. The minimum absolute atomic E-state index is 0.0494. The fourth-order valence-corrected chi connectivity index (χ4v) is 2.98. The van der Waals surface area contributed by atoms with Crippen molar-refractivity contribution >= 4 is 40.7 Å². The summed E-state index contributed by atoms with van der Waals surface area (Å²) >= 11 is 11.7. The molecule has 0 radical (unpaired) electrons. The number of rotatable bonds is 5. The van der Waals surface area contributed by atoms with Gasteiger partial charge in [-0.1, -0.05) is 53.5 Å². The summed E-state index contributed by atoms with van der Waals surface area (Å²) in [5, 5.41) is 12.5. The first-order chi connectivity index (χ1) is 12.0. The third-order valence-corrected chi connectivity index (χ3v) is 4.35. The van der Waals surface area contributed by atoms with Gasteiger partial charge in [0.25, 0.3) is 11.8 Å². The molecule has 25 heavy (non-hydrogen) atoms. The molecule has 2 N–H and O–H groups in total. The van der Waals surface area contributed by atoms with Crippen LogP contribution in [0, 0.1) is 0 Å². The molecule has 0 fully saturated rings. The van der Waals surface area contributed by atoms with Crippen molar-refractivity contribution in [1.29, 1.82) is 0 Å². The van der Waals surface area contributed by atoms with Gasteiger partial charge in [0.2, 0.25) is 0 Å². The Bertz CT molecular complexity index is 843. The maximum atomic E-state index is 12.4. The van der Waals surface area contributed by atoms with Crippen LogP contribution in [0.3, 0.4) is 0 Å². The number of hydrogen-bond acceptors (Lipinski definition) is 4. The van der Waals surface area contributed by atoms with E-state index < -0.39 is 5.91 Å². The summed E-state index contributed by atoms with van der Waals surface area (Å²) in [7, 11) is 0. The van der Waals surface area contributed by atoms with Crippen LogP contribution in [-0.4, -0.2) is 28.4 Å². The van der Waals surface area contributed by atoms with Gasteiger partial charge in [-0.3, -0.25) is 14.5 Å². The first-order valence-corrected chi connectivity index (χ1v) is 8.28. The van der Waals surface area contributed by atoms with Crippen LogP contribution in [0.25, 0.3) is 0 Å². The van der Waals surface area contributed by atoms with Crippen LogP contribution < -0.4 is 5.32 Å². The van der Waals surface area contributed by atoms with Crippen molar-refractivity contribution in [3.05, 3.63) is 69.8 Å². The fraction of sp³-hybridized carbons (Fsp3) is 0.111. The quantitative estimate of drug-likeness (QED) is 0.617. The monoisotopic (exact) mass is 376 g/mol. The van der Waals surface area contributed by atoms with Gasteiger partial charge in [0.05, 0.1) is 10.0 Å². The molecule has 2 aromatic rings. The van der Waals surface area contributed by atoms with E-state index in [4.69, 9.17) is 23.2 Å². The first-order valence-electron chi connectivity index (χ1n) is 7.52. The molecule has 0 atom stereocenters. The molecule has 0 bridgehead atoms. The number of nitrogens with zero attached hydrogens (tertiary/aromatic N) is 1. The Hall–Kier alpha value is -2.50. The second-order valence-electron chi connectivity index (χ2n) is 5.50. The lowest BCUT2D eigenvalue weighted by Gasteiger charge is -2.15. The van der Waals surface area contributed by atoms with E-state index in [0.29, 0.717) is 18.7 Å². The molecule has 1 aliphatic heterocycles. The Morgan fingerprint density at radius 3 is 2.32 bits per heavy atom. The third kappa shape index (κ3) is 3.78. The highest BCUT2D eigenvalue weighted by atomic mass is 35.5. The van der Waals surface area contributed by atoms with Gasteiger partial charge in [0, 0.05) is 18.3 Å². The maximum absolute atomic E-state index is 12.4. The van der Waals surface area contributed by atoms with Crippen LogP contribution >= 0.6 is 23.2 Å². The van der Waals surface area contributed by atoms with E-state index in [-0.39, 0.29) is 27.4 Å². The molecule has 128 valence electrons. The summed E-state index contributed by atoms with van der Waals surface area (Å²) < 4.78 is 0. The van der Waals surface area contributed by atoms with Gasteiger partial charge in [0.15, 0.2) is 5.75 Å². The van der Waals surface area contributed by atoms with E-state index in [1.165, 1.54) is 23.1 Å². The largest absolute Gasteiger partial charge is 0.505 e. The Balaban J connectivity index is 1.69. The van der Waals surface area contributed by atoms with Crippen LogP contribution in [-0.2, 0) is 16.0 Å². The van der Waals surface area contributed by atoms with Gasteiger partial charge < -0.3 is 10.4 Å². The SMILES string of the molecule is O=C1C=C(Nc2cc(Cl)c(O)c(Cl)c2)C(=O)N1CCc1ccccc1. The summed E-state index contributed by atoms with van der Waals surface area (Å²) in [4.78, 5) is 25.7. The van der Waals surface area contributed by atoms with Gasteiger partial charge in [-0.05, 0) is 24.1 Å². The number of hydrogen-bond donors (Lipinski definition) is 2. The molecule has 0 saturated carbocycles. The number of benzene rings is 2. The number of amides is 2. The molecule has 2 amide bonds. The van der Waals surface area contributed by atoms with E-state index in [2.05, 4.69) is 5.32 Å². The van der Waals surface area contributed by atoms with Gasteiger partial charge in [-0.25, -0.2) is 0 Å². The average Bonchev–Trinajstić information content (AvgIpc) is 2.85. The molecule has 1 aliphatic rings. The van der Waals surface area contributed by atoms with E-state index in [0.717, 1.165) is 5.56 Å². The highest BCUT2D eigenvalue weighted by Gasteiger charge is 2.30. The molecular weight excluding hydrogens is 363 g/mol. The van der Waals surface area contributed by atoms with Crippen molar-refractivity contribution in [2.24, 2.45) is 0 Å². The summed E-state index contributed by atoms with van der Waals surface area (Å²) in [6, 6.07) is 12.5. The Labute approximate surface area is 154 Å². The van der Waals surface area contributed by atoms with Crippen molar-refractivity contribution in [3.63, 3.8) is 0 Å². The average molecular weight is 377 g/mol. The highest BCUT2D eigenvalue weighted by Crippen LogP contribution is 2.35. The van der Waals surface area contributed by atoms with Crippen LogP contribution in [0.4, 0.5) is 5.69 Å².